The zero-order valence-corrected chi connectivity index (χ0v) is 11.8. The Morgan fingerprint density at radius 1 is 1.25 bits per heavy atom. The Morgan fingerprint density at radius 2 is 1.80 bits per heavy atom. The number of halogens is 3. The summed E-state index contributed by atoms with van der Waals surface area (Å²) in [4.78, 5) is 22.8. The van der Waals surface area contributed by atoms with Crippen LogP contribution in [0.3, 0.4) is 0 Å². The van der Waals surface area contributed by atoms with E-state index in [2.05, 4.69) is 21.2 Å². The molecule has 0 unspecified atom stereocenters. The van der Waals surface area contributed by atoms with Crippen LogP contribution in [0.2, 0.25) is 0 Å². The number of hydrogen-bond donors (Lipinski definition) is 3. The number of amides is 2. The van der Waals surface area contributed by atoms with E-state index >= 15 is 0 Å². The average Bonchev–Trinajstić information content (AvgIpc) is 2.28. The van der Waals surface area contributed by atoms with Gasteiger partial charge in [0.2, 0.25) is 0 Å². The van der Waals surface area contributed by atoms with Crippen LogP contribution in [0.25, 0.3) is 0 Å². The van der Waals surface area contributed by atoms with E-state index in [0.717, 1.165) is 12.1 Å². The summed E-state index contributed by atoms with van der Waals surface area (Å²) >= 11 is 2.92. The van der Waals surface area contributed by atoms with E-state index in [1.807, 2.05) is 5.32 Å². The monoisotopic (exact) mass is 348 g/mol. The highest BCUT2D eigenvalue weighted by molar-refractivity contribution is 9.10. The van der Waals surface area contributed by atoms with Crippen molar-refractivity contribution in [1.82, 2.24) is 5.32 Å². The van der Waals surface area contributed by atoms with Crippen LogP contribution in [0.1, 0.15) is 19.3 Å². The predicted molar refractivity (Wildman–Crippen MR) is 70.4 cm³/mol. The largest absolute Gasteiger partial charge is 0.480 e. The molecule has 0 aliphatic heterocycles. The molecule has 0 spiro atoms. The molecule has 1 aromatic carbocycles. The van der Waals surface area contributed by atoms with Gasteiger partial charge in [-0.1, -0.05) is 15.9 Å². The molecule has 1 fully saturated rings. The summed E-state index contributed by atoms with van der Waals surface area (Å²) in [5, 5.41) is 13.3. The van der Waals surface area contributed by atoms with Crippen LogP contribution < -0.4 is 10.6 Å². The van der Waals surface area contributed by atoms with E-state index in [1.165, 1.54) is 0 Å². The summed E-state index contributed by atoms with van der Waals surface area (Å²) in [6.45, 7) is 0. The van der Waals surface area contributed by atoms with Crippen molar-refractivity contribution in [1.29, 1.82) is 0 Å². The molecule has 8 heteroatoms. The summed E-state index contributed by atoms with van der Waals surface area (Å²) in [7, 11) is 0. The zero-order chi connectivity index (χ0) is 14.9. The van der Waals surface area contributed by atoms with Crippen molar-refractivity contribution in [2.45, 2.75) is 24.8 Å². The molecule has 2 rings (SSSR count). The molecule has 0 radical (unpaired) electrons. The first-order chi connectivity index (χ1) is 9.34. The third kappa shape index (κ3) is 2.74. The van der Waals surface area contributed by atoms with Crippen molar-refractivity contribution < 1.29 is 23.5 Å². The van der Waals surface area contributed by atoms with Crippen LogP contribution >= 0.6 is 15.9 Å². The van der Waals surface area contributed by atoms with Crippen LogP contribution in [-0.4, -0.2) is 22.6 Å². The van der Waals surface area contributed by atoms with Crippen molar-refractivity contribution in [3.05, 3.63) is 28.2 Å². The highest BCUT2D eigenvalue weighted by Crippen LogP contribution is 2.32. The van der Waals surface area contributed by atoms with Crippen LogP contribution in [0.4, 0.5) is 19.3 Å². The third-order valence-electron chi connectivity index (χ3n) is 3.21. The van der Waals surface area contributed by atoms with Gasteiger partial charge in [0.1, 0.15) is 11.2 Å². The van der Waals surface area contributed by atoms with Crippen molar-refractivity contribution in [3.63, 3.8) is 0 Å². The van der Waals surface area contributed by atoms with Gasteiger partial charge < -0.3 is 15.7 Å². The standard InChI is InChI=1S/C12H11BrF2N2O3/c13-6-4-7(14)9(8(15)5-6)16-11(20)17-12(10(18)19)2-1-3-12/h4-5H,1-3H2,(H,18,19)(H2,16,17,20). The predicted octanol–water partition coefficient (Wildman–Crippen LogP) is 2.86. The van der Waals surface area contributed by atoms with Gasteiger partial charge in [-0.15, -0.1) is 0 Å². The first kappa shape index (κ1) is 14.7. The molecule has 2 amide bonds. The maximum Gasteiger partial charge on any atom is 0.329 e. The van der Waals surface area contributed by atoms with E-state index in [9.17, 15) is 18.4 Å². The lowest BCUT2D eigenvalue weighted by atomic mass is 9.77. The third-order valence-corrected chi connectivity index (χ3v) is 3.67. The average molecular weight is 349 g/mol. The molecule has 1 aliphatic rings. The van der Waals surface area contributed by atoms with E-state index in [-0.39, 0.29) is 4.47 Å². The number of anilines is 1. The molecule has 0 bridgehead atoms. The fourth-order valence-electron chi connectivity index (χ4n) is 1.95. The number of urea groups is 1. The van der Waals surface area contributed by atoms with Gasteiger partial charge in [-0.2, -0.15) is 0 Å². The van der Waals surface area contributed by atoms with E-state index in [0.29, 0.717) is 19.3 Å². The Kier molecular flexibility index (Phi) is 3.94. The maximum atomic E-state index is 13.5. The smallest absolute Gasteiger partial charge is 0.329 e. The molecule has 5 nitrogen and oxygen atoms in total. The fraction of sp³-hybridized carbons (Fsp3) is 0.333. The van der Waals surface area contributed by atoms with Crippen LogP contribution in [0.5, 0.6) is 0 Å². The molecule has 20 heavy (non-hydrogen) atoms. The molecule has 0 heterocycles. The Morgan fingerprint density at radius 3 is 2.20 bits per heavy atom. The minimum atomic E-state index is -1.34. The Hall–Kier alpha value is -1.70. The van der Waals surface area contributed by atoms with Crippen molar-refractivity contribution >= 4 is 33.6 Å². The lowest BCUT2D eigenvalue weighted by molar-refractivity contribution is -0.148. The highest BCUT2D eigenvalue weighted by atomic mass is 79.9. The van der Waals surface area contributed by atoms with Crippen molar-refractivity contribution in [2.75, 3.05) is 5.32 Å². The van der Waals surface area contributed by atoms with Gasteiger partial charge in [0.15, 0.2) is 11.6 Å². The molecule has 108 valence electrons. The Bertz CT molecular complexity index is 553. The summed E-state index contributed by atoms with van der Waals surface area (Å²) in [6.07, 6.45) is 1.26. The maximum absolute atomic E-state index is 13.5. The van der Waals surface area contributed by atoms with E-state index in [4.69, 9.17) is 5.11 Å². The van der Waals surface area contributed by atoms with Crippen molar-refractivity contribution in [3.8, 4) is 0 Å². The summed E-state index contributed by atoms with van der Waals surface area (Å²) < 4.78 is 27.3. The second kappa shape index (κ2) is 5.35. The number of carboxylic acids is 1. The molecule has 1 aliphatic carbocycles. The number of carbonyl (C=O) groups is 2. The zero-order valence-electron chi connectivity index (χ0n) is 10.2. The molecular weight excluding hydrogens is 338 g/mol. The normalized spacial score (nSPS) is 16.1. The van der Waals surface area contributed by atoms with Gasteiger partial charge >= 0.3 is 12.0 Å². The highest BCUT2D eigenvalue weighted by Gasteiger charge is 2.45. The van der Waals surface area contributed by atoms with Gasteiger partial charge in [0, 0.05) is 4.47 Å². The summed E-state index contributed by atoms with van der Waals surface area (Å²) in [5.41, 5.74) is -1.96. The minimum Gasteiger partial charge on any atom is -0.480 e. The number of nitrogens with one attached hydrogen (secondary N) is 2. The van der Waals surface area contributed by atoms with Crippen molar-refractivity contribution in [2.24, 2.45) is 0 Å². The van der Waals surface area contributed by atoms with Gasteiger partial charge in [0.25, 0.3) is 0 Å². The molecule has 1 saturated carbocycles. The van der Waals surface area contributed by atoms with Gasteiger partial charge in [0.05, 0.1) is 0 Å². The summed E-state index contributed by atoms with van der Waals surface area (Å²) in [6, 6.07) is 1.04. The second-order valence-electron chi connectivity index (χ2n) is 4.56. The number of hydrogen-bond acceptors (Lipinski definition) is 2. The molecule has 1 aromatic rings. The molecule has 0 atom stereocenters. The van der Waals surface area contributed by atoms with Crippen LogP contribution in [0.15, 0.2) is 16.6 Å². The number of carboxylic acid groups (broad SMARTS) is 1. The number of benzene rings is 1. The topological polar surface area (TPSA) is 78.4 Å². The summed E-state index contributed by atoms with van der Waals surface area (Å²) in [5.74, 6) is -3.06. The minimum absolute atomic E-state index is 0.194. The number of rotatable bonds is 3. The van der Waals surface area contributed by atoms with Gasteiger partial charge in [-0.25, -0.2) is 18.4 Å². The van der Waals surface area contributed by atoms with E-state index in [1.54, 1.807) is 0 Å². The fourth-order valence-corrected chi connectivity index (χ4v) is 2.35. The number of carbonyl (C=O) groups excluding carboxylic acids is 1. The first-order valence-electron chi connectivity index (χ1n) is 5.81. The molecule has 0 aromatic heterocycles. The molecule has 0 saturated heterocycles. The molecular formula is C12H11BrF2N2O3. The van der Waals surface area contributed by atoms with Gasteiger partial charge in [-0.3, -0.25) is 0 Å². The Labute approximate surface area is 121 Å². The Balaban J connectivity index is 2.11. The lowest BCUT2D eigenvalue weighted by Gasteiger charge is -2.38. The molecule has 3 N–H and O–H groups in total. The van der Waals surface area contributed by atoms with E-state index < -0.39 is 34.9 Å². The lowest BCUT2D eigenvalue weighted by Crippen LogP contribution is -2.60. The number of aliphatic carboxylic acids is 1. The van der Waals surface area contributed by atoms with Crippen LogP contribution in [0, 0.1) is 11.6 Å². The first-order valence-corrected chi connectivity index (χ1v) is 6.60. The van der Waals surface area contributed by atoms with Gasteiger partial charge in [-0.05, 0) is 31.4 Å². The van der Waals surface area contributed by atoms with Crippen LogP contribution in [-0.2, 0) is 4.79 Å². The SMILES string of the molecule is O=C(Nc1c(F)cc(Br)cc1F)NC1(C(=O)O)CCC1. The quantitative estimate of drug-likeness (QED) is 0.785. The second-order valence-corrected chi connectivity index (χ2v) is 5.48.